The van der Waals surface area contributed by atoms with Crippen LogP contribution in [0.3, 0.4) is 0 Å². The monoisotopic (exact) mass is 418 g/mol. The fourth-order valence-electron chi connectivity index (χ4n) is 3.35. The predicted octanol–water partition coefficient (Wildman–Crippen LogP) is 2.20. The first-order chi connectivity index (χ1) is 13.7. The molecule has 0 bridgehead atoms. The molecule has 154 valence electrons. The highest BCUT2D eigenvalue weighted by Gasteiger charge is 2.32. The molecule has 1 N–H and O–H groups in total. The summed E-state index contributed by atoms with van der Waals surface area (Å²) in [5, 5.41) is 2.62. The van der Waals surface area contributed by atoms with Crippen LogP contribution in [0, 0.1) is 0 Å². The third kappa shape index (κ3) is 4.68. The van der Waals surface area contributed by atoms with Crippen LogP contribution < -0.4 is 14.4 Å². The van der Waals surface area contributed by atoms with Gasteiger partial charge in [0.15, 0.2) is 6.61 Å². The molecule has 2 aromatic carbocycles. The molecule has 1 aliphatic rings. The van der Waals surface area contributed by atoms with Crippen molar-refractivity contribution in [3.63, 3.8) is 0 Å². The number of esters is 1. The minimum atomic E-state index is -3.40. The van der Waals surface area contributed by atoms with E-state index in [4.69, 9.17) is 9.47 Å². The molecule has 1 atom stereocenters. The van der Waals surface area contributed by atoms with E-state index < -0.39 is 28.5 Å². The van der Waals surface area contributed by atoms with Gasteiger partial charge in [0, 0.05) is 17.8 Å². The van der Waals surface area contributed by atoms with Crippen molar-refractivity contribution in [3.05, 3.63) is 53.6 Å². The number of nitrogens with one attached hydrogen (secondary N) is 1. The van der Waals surface area contributed by atoms with E-state index >= 15 is 0 Å². The molecule has 3 rings (SSSR count). The van der Waals surface area contributed by atoms with Crippen molar-refractivity contribution in [1.82, 2.24) is 0 Å². The number of methoxy groups -OCH3 is 1. The Morgan fingerprint density at radius 3 is 2.66 bits per heavy atom. The quantitative estimate of drug-likeness (QED) is 0.722. The van der Waals surface area contributed by atoms with Gasteiger partial charge in [-0.25, -0.2) is 13.2 Å². The lowest BCUT2D eigenvalue weighted by Crippen LogP contribution is -2.34. The molecule has 1 aliphatic heterocycles. The summed E-state index contributed by atoms with van der Waals surface area (Å²) < 4.78 is 35.5. The van der Waals surface area contributed by atoms with E-state index in [-0.39, 0.29) is 11.6 Å². The first-order valence-electron chi connectivity index (χ1n) is 8.92. The van der Waals surface area contributed by atoms with E-state index in [1.54, 1.807) is 36.4 Å². The van der Waals surface area contributed by atoms with Crippen LogP contribution in [-0.2, 0) is 26.0 Å². The molecule has 8 nitrogen and oxygen atoms in total. The summed E-state index contributed by atoms with van der Waals surface area (Å²) in [7, 11) is -1.88. The average molecular weight is 418 g/mol. The molecule has 2 aromatic rings. The summed E-state index contributed by atoms with van der Waals surface area (Å²) in [5.41, 5.74) is 2.10. The van der Waals surface area contributed by atoms with Crippen molar-refractivity contribution in [2.45, 2.75) is 19.4 Å². The maximum atomic E-state index is 12.3. The minimum Gasteiger partial charge on any atom is -0.497 e. The molecule has 0 radical (unpaired) electrons. The van der Waals surface area contributed by atoms with Gasteiger partial charge < -0.3 is 14.8 Å². The number of carbonyl (C=O) groups is 2. The number of benzene rings is 2. The molecule has 1 amide bonds. The van der Waals surface area contributed by atoms with Crippen molar-refractivity contribution in [2.24, 2.45) is 0 Å². The molecule has 0 saturated carbocycles. The van der Waals surface area contributed by atoms with Crippen LogP contribution in [0.25, 0.3) is 0 Å². The lowest BCUT2D eigenvalue weighted by molar-refractivity contribution is -0.119. The zero-order valence-corrected chi connectivity index (χ0v) is 17.2. The van der Waals surface area contributed by atoms with Crippen LogP contribution in [0.5, 0.6) is 5.75 Å². The van der Waals surface area contributed by atoms with Crippen molar-refractivity contribution in [1.29, 1.82) is 0 Å². The summed E-state index contributed by atoms with van der Waals surface area (Å²) in [6.07, 6.45) is 1.65. The van der Waals surface area contributed by atoms with Gasteiger partial charge in [0.2, 0.25) is 10.0 Å². The van der Waals surface area contributed by atoms with E-state index in [9.17, 15) is 18.0 Å². The van der Waals surface area contributed by atoms with Gasteiger partial charge in [-0.1, -0.05) is 6.07 Å². The summed E-state index contributed by atoms with van der Waals surface area (Å²) in [6, 6.07) is 11.3. The Kier molecular flexibility index (Phi) is 5.78. The number of amides is 1. The Labute approximate surface area is 169 Å². The van der Waals surface area contributed by atoms with E-state index in [0.717, 1.165) is 11.8 Å². The first kappa shape index (κ1) is 20.7. The summed E-state index contributed by atoms with van der Waals surface area (Å²) in [5.74, 6) is -0.543. The molecule has 0 spiro atoms. The lowest BCUT2D eigenvalue weighted by atomic mass is 10.1. The van der Waals surface area contributed by atoms with Gasteiger partial charge in [0.05, 0.1) is 24.6 Å². The van der Waals surface area contributed by atoms with Crippen LogP contribution in [0.15, 0.2) is 42.5 Å². The summed E-state index contributed by atoms with van der Waals surface area (Å²) in [4.78, 5) is 24.3. The van der Waals surface area contributed by atoms with Gasteiger partial charge in [0.1, 0.15) is 5.75 Å². The average Bonchev–Trinajstić information content (AvgIpc) is 3.01. The molecule has 0 aliphatic carbocycles. The number of fused-ring (bicyclic) bond motifs is 1. The van der Waals surface area contributed by atoms with E-state index in [1.165, 1.54) is 17.5 Å². The van der Waals surface area contributed by atoms with Crippen molar-refractivity contribution in [3.8, 4) is 5.75 Å². The molecule has 0 saturated heterocycles. The number of hydrogen-bond donors (Lipinski definition) is 1. The molecule has 1 heterocycles. The van der Waals surface area contributed by atoms with Crippen molar-refractivity contribution >= 4 is 33.3 Å². The minimum absolute atomic E-state index is 0.222. The van der Waals surface area contributed by atoms with Gasteiger partial charge >= 0.3 is 5.97 Å². The molecular formula is C20H22N2O6S. The number of sulfonamides is 1. The predicted molar refractivity (Wildman–Crippen MR) is 109 cm³/mol. The second-order valence-electron chi connectivity index (χ2n) is 6.81. The molecule has 29 heavy (non-hydrogen) atoms. The number of rotatable bonds is 6. The topological polar surface area (TPSA) is 102 Å². The number of hydrogen-bond acceptors (Lipinski definition) is 6. The van der Waals surface area contributed by atoms with Gasteiger partial charge in [-0.3, -0.25) is 9.10 Å². The largest absolute Gasteiger partial charge is 0.497 e. The number of carbonyl (C=O) groups excluding carboxylic acids is 2. The molecule has 9 heteroatoms. The Balaban J connectivity index is 1.63. The maximum Gasteiger partial charge on any atom is 0.338 e. The molecule has 0 unspecified atom stereocenters. The fraction of sp³-hybridized carbons (Fsp3) is 0.300. The Bertz CT molecular complexity index is 1050. The normalized spacial score (nSPS) is 15.6. The van der Waals surface area contributed by atoms with E-state index in [1.807, 2.05) is 6.92 Å². The summed E-state index contributed by atoms with van der Waals surface area (Å²) in [6.45, 7) is 1.36. The lowest BCUT2D eigenvalue weighted by Gasteiger charge is -2.21. The third-order valence-corrected chi connectivity index (χ3v) is 5.78. The highest BCUT2D eigenvalue weighted by atomic mass is 32.2. The number of ether oxygens (including phenoxy) is 2. The standard InChI is InChI=1S/C20H22N2O6S/c1-13-9-15-10-14(7-8-18(15)22(13)29(3,25)26)20(24)28-12-19(23)21-16-5-4-6-17(11-16)27-2/h4-8,10-11,13H,9,12H2,1-3H3,(H,21,23)/t13-/m1/s1. The highest BCUT2D eigenvalue weighted by Crippen LogP contribution is 2.34. The van der Waals surface area contributed by atoms with Gasteiger partial charge in [-0.15, -0.1) is 0 Å². The van der Waals surface area contributed by atoms with Gasteiger partial charge in [0.25, 0.3) is 5.91 Å². The second-order valence-corrected chi connectivity index (χ2v) is 8.67. The van der Waals surface area contributed by atoms with Gasteiger partial charge in [-0.2, -0.15) is 0 Å². The highest BCUT2D eigenvalue weighted by molar-refractivity contribution is 7.92. The maximum absolute atomic E-state index is 12.3. The van der Waals surface area contributed by atoms with Gasteiger partial charge in [-0.05, 0) is 49.2 Å². The molecule has 0 aromatic heterocycles. The summed E-state index contributed by atoms with van der Waals surface area (Å²) >= 11 is 0. The molecular weight excluding hydrogens is 396 g/mol. The van der Waals surface area contributed by atoms with Crippen LogP contribution >= 0.6 is 0 Å². The third-order valence-electron chi connectivity index (χ3n) is 4.51. The fourth-order valence-corrected chi connectivity index (χ4v) is 4.61. The zero-order valence-electron chi connectivity index (χ0n) is 16.3. The zero-order chi connectivity index (χ0) is 21.2. The smallest absolute Gasteiger partial charge is 0.338 e. The Morgan fingerprint density at radius 1 is 1.21 bits per heavy atom. The molecule has 0 fully saturated rings. The van der Waals surface area contributed by atoms with Crippen LogP contribution in [0.2, 0.25) is 0 Å². The second kappa shape index (κ2) is 8.12. The van der Waals surface area contributed by atoms with Crippen molar-refractivity contribution in [2.75, 3.05) is 29.6 Å². The number of nitrogens with zero attached hydrogens (tertiary/aromatic N) is 1. The Morgan fingerprint density at radius 2 is 1.97 bits per heavy atom. The van der Waals surface area contributed by atoms with E-state index in [0.29, 0.717) is 23.5 Å². The van der Waals surface area contributed by atoms with Crippen molar-refractivity contribution < 1.29 is 27.5 Å². The van der Waals surface area contributed by atoms with Crippen LogP contribution in [0.1, 0.15) is 22.8 Å². The first-order valence-corrected chi connectivity index (χ1v) is 10.8. The van der Waals surface area contributed by atoms with Crippen LogP contribution in [0.4, 0.5) is 11.4 Å². The Hall–Kier alpha value is -3.07. The van der Waals surface area contributed by atoms with Crippen LogP contribution in [-0.4, -0.2) is 46.3 Å². The number of anilines is 2. The van der Waals surface area contributed by atoms with E-state index in [2.05, 4.69) is 5.32 Å². The SMILES string of the molecule is COc1cccc(NC(=O)COC(=O)c2ccc3c(c2)C[C@@H](C)N3S(C)(=O)=O)c1.